The number of hydrogen-bond donors (Lipinski definition) is 0. The molecule has 0 spiro atoms. The third kappa shape index (κ3) is 2.88. The number of halogens is 3. The van der Waals surface area contributed by atoms with Crippen LogP contribution >= 0.6 is 11.6 Å². The van der Waals surface area contributed by atoms with Gasteiger partial charge in [-0.2, -0.15) is 0 Å². The van der Waals surface area contributed by atoms with Crippen LogP contribution in [0.25, 0.3) is 0 Å². The number of alkyl halides is 1. The third-order valence-corrected chi connectivity index (χ3v) is 2.18. The fourth-order valence-electron chi connectivity index (χ4n) is 1.17. The molecule has 0 aliphatic rings. The molecule has 0 bridgehead atoms. The number of benzene rings is 1. The lowest BCUT2D eigenvalue weighted by molar-refractivity contribution is 0.420. The summed E-state index contributed by atoms with van der Waals surface area (Å²) in [5, 5.41) is 0. The first kappa shape index (κ1) is 11.7. The molecule has 17 heavy (non-hydrogen) atoms. The molecule has 1 heterocycles. The summed E-state index contributed by atoms with van der Waals surface area (Å²) in [6.45, 7) is 0. The molecule has 0 atom stereocenters. The van der Waals surface area contributed by atoms with Gasteiger partial charge in [0.2, 0.25) is 5.88 Å². The molecule has 88 valence electrons. The van der Waals surface area contributed by atoms with Crippen molar-refractivity contribution < 1.29 is 13.5 Å². The summed E-state index contributed by atoms with van der Waals surface area (Å²) >= 11 is 5.57. The molecule has 2 aromatic rings. The predicted octanol–water partition coefficient (Wildman–Crippen LogP) is 3.29. The summed E-state index contributed by atoms with van der Waals surface area (Å²) in [6.07, 6.45) is 2.79. The van der Waals surface area contributed by atoms with Gasteiger partial charge in [0.15, 0.2) is 11.6 Å². The van der Waals surface area contributed by atoms with Crippen LogP contribution in [0.3, 0.4) is 0 Å². The van der Waals surface area contributed by atoms with E-state index in [1.165, 1.54) is 18.5 Å². The van der Waals surface area contributed by atoms with E-state index >= 15 is 0 Å². The highest BCUT2D eigenvalue weighted by atomic mass is 35.5. The average Bonchev–Trinajstić information content (AvgIpc) is 2.33. The number of nitrogens with zero attached hydrogens (tertiary/aromatic N) is 2. The molecule has 0 fully saturated rings. The van der Waals surface area contributed by atoms with Gasteiger partial charge in [0.25, 0.3) is 0 Å². The number of rotatable bonds is 3. The Morgan fingerprint density at radius 2 is 2.06 bits per heavy atom. The van der Waals surface area contributed by atoms with E-state index < -0.39 is 11.6 Å². The second-order valence-corrected chi connectivity index (χ2v) is 3.43. The highest BCUT2D eigenvalue weighted by molar-refractivity contribution is 6.16. The molecule has 0 amide bonds. The third-order valence-electron chi connectivity index (χ3n) is 1.91. The Morgan fingerprint density at radius 3 is 2.76 bits per heavy atom. The standard InChI is InChI=1S/C11H7ClF2N2O/c12-4-8-5-15-6-11(16-8)17-10-2-1-7(13)3-9(10)14/h1-3,5-6H,4H2. The molecule has 0 aliphatic heterocycles. The van der Waals surface area contributed by atoms with Crippen molar-refractivity contribution in [1.82, 2.24) is 9.97 Å². The predicted molar refractivity (Wildman–Crippen MR) is 58.0 cm³/mol. The van der Waals surface area contributed by atoms with Crippen molar-refractivity contribution in [3.05, 3.63) is 47.9 Å². The van der Waals surface area contributed by atoms with Crippen LogP contribution in [0.1, 0.15) is 5.69 Å². The van der Waals surface area contributed by atoms with Crippen LogP contribution < -0.4 is 4.74 Å². The Balaban J connectivity index is 2.25. The van der Waals surface area contributed by atoms with Gasteiger partial charge in [-0.25, -0.2) is 13.8 Å². The van der Waals surface area contributed by atoms with Crippen LogP contribution in [0.4, 0.5) is 8.78 Å². The highest BCUT2D eigenvalue weighted by Crippen LogP contribution is 2.23. The summed E-state index contributed by atoms with van der Waals surface area (Å²) in [4.78, 5) is 7.80. The first-order valence-corrected chi connectivity index (χ1v) is 5.22. The molecule has 1 aromatic carbocycles. The molecule has 2 rings (SSSR count). The lowest BCUT2D eigenvalue weighted by Crippen LogP contribution is -1.95. The smallest absolute Gasteiger partial charge is 0.238 e. The van der Waals surface area contributed by atoms with Crippen molar-refractivity contribution in [3.8, 4) is 11.6 Å². The second kappa shape index (κ2) is 5.05. The zero-order chi connectivity index (χ0) is 12.3. The first-order valence-electron chi connectivity index (χ1n) is 4.69. The van der Waals surface area contributed by atoms with Gasteiger partial charge in [0.05, 0.1) is 17.8 Å². The molecule has 0 aliphatic carbocycles. The van der Waals surface area contributed by atoms with Crippen LogP contribution in [0, 0.1) is 11.6 Å². The van der Waals surface area contributed by atoms with Gasteiger partial charge in [0, 0.05) is 12.3 Å². The van der Waals surface area contributed by atoms with E-state index in [9.17, 15) is 8.78 Å². The van der Waals surface area contributed by atoms with Crippen LogP contribution in [0.15, 0.2) is 30.6 Å². The summed E-state index contributed by atoms with van der Waals surface area (Å²) < 4.78 is 31.1. The van der Waals surface area contributed by atoms with Crippen molar-refractivity contribution in [1.29, 1.82) is 0 Å². The molecule has 0 unspecified atom stereocenters. The fourth-order valence-corrected chi connectivity index (χ4v) is 1.30. The molecule has 6 heteroatoms. The molecule has 0 N–H and O–H groups in total. The van der Waals surface area contributed by atoms with Gasteiger partial charge in [0.1, 0.15) is 5.82 Å². The normalized spacial score (nSPS) is 10.3. The van der Waals surface area contributed by atoms with Gasteiger partial charge in [-0.05, 0) is 12.1 Å². The molecular weight excluding hydrogens is 250 g/mol. The van der Waals surface area contributed by atoms with Crippen molar-refractivity contribution in [2.75, 3.05) is 0 Å². The summed E-state index contributed by atoms with van der Waals surface area (Å²) in [7, 11) is 0. The Labute approximate surface area is 101 Å². The Hall–Kier alpha value is -1.75. The van der Waals surface area contributed by atoms with E-state index in [4.69, 9.17) is 16.3 Å². The first-order chi connectivity index (χ1) is 8.19. The lowest BCUT2D eigenvalue weighted by Gasteiger charge is -2.05. The van der Waals surface area contributed by atoms with E-state index in [2.05, 4.69) is 9.97 Å². The minimum absolute atomic E-state index is 0.105. The molecule has 1 aromatic heterocycles. The van der Waals surface area contributed by atoms with Crippen molar-refractivity contribution in [3.63, 3.8) is 0 Å². The fraction of sp³-hybridized carbons (Fsp3) is 0.0909. The highest BCUT2D eigenvalue weighted by Gasteiger charge is 2.07. The lowest BCUT2D eigenvalue weighted by atomic mass is 10.3. The van der Waals surface area contributed by atoms with E-state index in [0.717, 1.165) is 12.1 Å². The van der Waals surface area contributed by atoms with Gasteiger partial charge < -0.3 is 4.74 Å². The average molecular weight is 257 g/mol. The zero-order valence-corrected chi connectivity index (χ0v) is 9.29. The van der Waals surface area contributed by atoms with E-state index in [1.54, 1.807) is 0 Å². The van der Waals surface area contributed by atoms with Crippen molar-refractivity contribution in [2.24, 2.45) is 0 Å². The molecular formula is C11H7ClF2N2O. The van der Waals surface area contributed by atoms with Crippen LogP contribution in [0.2, 0.25) is 0 Å². The Bertz CT molecular complexity index is 537. The van der Waals surface area contributed by atoms with Gasteiger partial charge in [-0.3, -0.25) is 4.98 Å². The van der Waals surface area contributed by atoms with E-state index in [-0.39, 0.29) is 17.5 Å². The van der Waals surface area contributed by atoms with Crippen LogP contribution in [-0.4, -0.2) is 9.97 Å². The second-order valence-electron chi connectivity index (χ2n) is 3.16. The minimum atomic E-state index is -0.803. The zero-order valence-electron chi connectivity index (χ0n) is 8.53. The van der Waals surface area contributed by atoms with E-state index in [0.29, 0.717) is 5.69 Å². The molecule has 0 saturated heterocycles. The summed E-state index contributed by atoms with van der Waals surface area (Å²) in [6, 6.07) is 3.01. The number of hydrogen-bond acceptors (Lipinski definition) is 3. The maximum Gasteiger partial charge on any atom is 0.238 e. The SMILES string of the molecule is Fc1ccc(Oc2cncc(CCl)n2)c(F)c1. The van der Waals surface area contributed by atoms with Crippen molar-refractivity contribution in [2.45, 2.75) is 5.88 Å². The quantitative estimate of drug-likeness (QED) is 0.791. The van der Waals surface area contributed by atoms with Crippen molar-refractivity contribution >= 4 is 11.6 Å². The Morgan fingerprint density at radius 1 is 1.24 bits per heavy atom. The van der Waals surface area contributed by atoms with E-state index in [1.807, 2.05) is 0 Å². The topological polar surface area (TPSA) is 35.0 Å². The number of aromatic nitrogens is 2. The number of ether oxygens (including phenoxy) is 1. The summed E-state index contributed by atoms with van der Waals surface area (Å²) in [5.41, 5.74) is 0.506. The molecule has 0 radical (unpaired) electrons. The maximum absolute atomic E-state index is 13.3. The minimum Gasteiger partial charge on any atom is -0.434 e. The molecule has 3 nitrogen and oxygen atoms in total. The van der Waals surface area contributed by atoms with Crippen LogP contribution in [-0.2, 0) is 5.88 Å². The monoisotopic (exact) mass is 256 g/mol. The Kier molecular flexibility index (Phi) is 3.49. The van der Waals surface area contributed by atoms with Gasteiger partial charge in [-0.1, -0.05) is 0 Å². The largest absolute Gasteiger partial charge is 0.434 e. The van der Waals surface area contributed by atoms with Gasteiger partial charge in [-0.15, -0.1) is 11.6 Å². The van der Waals surface area contributed by atoms with Gasteiger partial charge >= 0.3 is 0 Å². The molecule has 0 saturated carbocycles. The summed E-state index contributed by atoms with van der Waals surface area (Å²) in [5.74, 6) is -1.31. The van der Waals surface area contributed by atoms with Crippen LogP contribution in [0.5, 0.6) is 11.6 Å². The maximum atomic E-state index is 13.3.